The first-order valence-electron chi connectivity index (χ1n) is 10.5. The van der Waals surface area contributed by atoms with Gasteiger partial charge in [0.05, 0.1) is 23.0 Å². The van der Waals surface area contributed by atoms with Crippen LogP contribution in [0, 0.1) is 0 Å². The quantitative estimate of drug-likeness (QED) is 0.619. The molecule has 9 heteroatoms. The van der Waals surface area contributed by atoms with Crippen molar-refractivity contribution >= 4 is 27.6 Å². The number of fused-ring (bicyclic) bond motifs is 1. The van der Waals surface area contributed by atoms with Crippen LogP contribution in [0.5, 0.6) is 5.75 Å². The van der Waals surface area contributed by atoms with Gasteiger partial charge >= 0.3 is 6.03 Å². The number of nitrogens with zero attached hydrogens (tertiary/aromatic N) is 2. The second-order valence-corrected chi connectivity index (χ2v) is 9.83. The van der Waals surface area contributed by atoms with Crippen LogP contribution in [-0.2, 0) is 16.4 Å². The Hall–Kier alpha value is -3.85. The smallest absolute Gasteiger partial charge is 0.331 e. The summed E-state index contributed by atoms with van der Waals surface area (Å²) in [6, 6.07) is 18.9. The number of hydrogen-bond acceptors (Lipinski definition) is 5. The first-order chi connectivity index (χ1) is 15.9. The highest BCUT2D eigenvalue weighted by Gasteiger charge is 2.39. The van der Waals surface area contributed by atoms with E-state index in [1.807, 2.05) is 30.3 Å². The molecule has 0 saturated carbocycles. The van der Waals surface area contributed by atoms with Crippen LogP contribution in [0.1, 0.15) is 27.5 Å². The summed E-state index contributed by atoms with van der Waals surface area (Å²) < 4.78 is 27.4. The van der Waals surface area contributed by atoms with E-state index in [0.29, 0.717) is 24.2 Å². The molecule has 3 aromatic rings. The minimum absolute atomic E-state index is 0.000158. The van der Waals surface area contributed by atoms with Crippen LogP contribution < -0.4 is 10.2 Å². The molecule has 0 radical (unpaired) electrons. The Morgan fingerprint density at radius 1 is 1.00 bits per heavy atom. The normalized spacial score (nSPS) is 17.7. The molecular formula is C24H21N3O5S. The number of aromatic hydroxyl groups is 1. The SMILES string of the molecule is O=C(c1ccccc1O)N1CCc2cc(S(=O)(=O)N3CC(c4ccccc4)NC3=O)ccc21. The van der Waals surface area contributed by atoms with E-state index in [1.165, 1.54) is 23.1 Å². The summed E-state index contributed by atoms with van der Waals surface area (Å²) in [5, 5.41) is 12.7. The molecule has 2 aliphatic rings. The van der Waals surface area contributed by atoms with Crippen LogP contribution in [0.25, 0.3) is 0 Å². The predicted octanol–water partition coefficient (Wildman–Crippen LogP) is 3.05. The average Bonchev–Trinajstić information content (AvgIpc) is 3.43. The zero-order valence-corrected chi connectivity index (χ0v) is 18.3. The van der Waals surface area contributed by atoms with Crippen LogP contribution in [0.2, 0.25) is 0 Å². The molecule has 2 aliphatic heterocycles. The standard InChI is InChI=1S/C24H21N3O5S/c28-22-9-5-4-8-19(22)23(29)26-13-12-17-14-18(10-11-21(17)26)33(31,32)27-15-20(25-24(27)30)16-6-2-1-3-7-16/h1-11,14,20,28H,12-13,15H2,(H,25,30). The highest BCUT2D eigenvalue weighted by atomic mass is 32.2. The molecule has 33 heavy (non-hydrogen) atoms. The lowest BCUT2D eigenvalue weighted by molar-refractivity contribution is 0.0986. The van der Waals surface area contributed by atoms with Crippen LogP contribution in [0.4, 0.5) is 10.5 Å². The minimum Gasteiger partial charge on any atom is -0.507 e. The number of rotatable bonds is 4. The number of phenolic OH excluding ortho intramolecular Hbond substituents is 1. The molecule has 2 heterocycles. The van der Waals surface area contributed by atoms with Crippen LogP contribution in [-0.4, -0.2) is 42.9 Å². The summed E-state index contributed by atoms with van der Waals surface area (Å²) in [4.78, 5) is 26.9. The van der Waals surface area contributed by atoms with Gasteiger partial charge in [0.25, 0.3) is 15.9 Å². The maximum atomic E-state index is 13.3. The number of benzene rings is 3. The molecule has 2 N–H and O–H groups in total. The minimum atomic E-state index is -4.07. The Kier molecular flexibility index (Phi) is 5.05. The van der Waals surface area contributed by atoms with E-state index in [1.54, 1.807) is 24.3 Å². The van der Waals surface area contributed by atoms with Crippen molar-refractivity contribution in [2.45, 2.75) is 17.4 Å². The van der Waals surface area contributed by atoms with E-state index in [2.05, 4.69) is 5.32 Å². The number of hydrogen-bond donors (Lipinski definition) is 2. The molecule has 0 aromatic heterocycles. The van der Waals surface area contributed by atoms with Gasteiger partial charge in [0.1, 0.15) is 5.75 Å². The summed E-state index contributed by atoms with van der Waals surface area (Å²) in [6.07, 6.45) is 0.469. The second-order valence-electron chi connectivity index (χ2n) is 7.96. The highest BCUT2D eigenvalue weighted by molar-refractivity contribution is 7.89. The molecule has 0 spiro atoms. The van der Waals surface area contributed by atoms with Gasteiger partial charge in [-0.15, -0.1) is 0 Å². The lowest BCUT2D eigenvalue weighted by Crippen LogP contribution is -2.34. The second kappa shape index (κ2) is 7.93. The molecule has 0 bridgehead atoms. The lowest BCUT2D eigenvalue weighted by Gasteiger charge is -2.19. The number of para-hydroxylation sites is 1. The van der Waals surface area contributed by atoms with E-state index >= 15 is 0 Å². The Bertz CT molecular complexity index is 1360. The monoisotopic (exact) mass is 463 g/mol. The number of carbonyl (C=O) groups is 2. The summed E-state index contributed by atoms with van der Waals surface area (Å²) >= 11 is 0. The molecule has 168 valence electrons. The Balaban J connectivity index is 1.41. The third kappa shape index (κ3) is 3.60. The number of sulfonamides is 1. The van der Waals surface area contributed by atoms with E-state index in [9.17, 15) is 23.1 Å². The number of nitrogens with one attached hydrogen (secondary N) is 1. The lowest BCUT2D eigenvalue weighted by atomic mass is 10.1. The molecule has 1 fully saturated rings. The van der Waals surface area contributed by atoms with Gasteiger partial charge in [0.2, 0.25) is 0 Å². The number of anilines is 1. The van der Waals surface area contributed by atoms with Gasteiger partial charge in [0.15, 0.2) is 0 Å². The highest BCUT2D eigenvalue weighted by Crippen LogP contribution is 2.34. The fraction of sp³-hybridized carbons (Fsp3) is 0.167. The van der Waals surface area contributed by atoms with Crippen LogP contribution in [0.3, 0.4) is 0 Å². The predicted molar refractivity (Wildman–Crippen MR) is 122 cm³/mol. The van der Waals surface area contributed by atoms with E-state index in [-0.39, 0.29) is 28.7 Å². The Morgan fingerprint density at radius 3 is 2.48 bits per heavy atom. The fourth-order valence-electron chi connectivity index (χ4n) is 4.27. The van der Waals surface area contributed by atoms with E-state index in [4.69, 9.17) is 0 Å². The van der Waals surface area contributed by atoms with Gasteiger partial charge in [-0.3, -0.25) is 4.79 Å². The number of urea groups is 1. The van der Waals surface area contributed by atoms with Gasteiger partial charge in [0, 0.05) is 12.2 Å². The molecule has 8 nitrogen and oxygen atoms in total. The summed E-state index contributed by atoms with van der Waals surface area (Å²) in [6.45, 7) is 0.368. The Morgan fingerprint density at radius 2 is 1.73 bits per heavy atom. The van der Waals surface area contributed by atoms with Crippen molar-refractivity contribution in [3.8, 4) is 5.75 Å². The molecule has 1 saturated heterocycles. The van der Waals surface area contributed by atoms with E-state index in [0.717, 1.165) is 9.87 Å². The van der Waals surface area contributed by atoms with Crippen molar-refractivity contribution in [3.63, 3.8) is 0 Å². The Labute approximate surface area is 191 Å². The maximum Gasteiger partial charge on any atom is 0.331 e. The first-order valence-corrected chi connectivity index (χ1v) is 11.9. The van der Waals surface area contributed by atoms with Crippen molar-refractivity contribution in [2.75, 3.05) is 18.0 Å². The van der Waals surface area contributed by atoms with Crippen molar-refractivity contribution in [3.05, 3.63) is 89.5 Å². The molecule has 1 atom stereocenters. The third-order valence-electron chi connectivity index (χ3n) is 5.99. The molecular weight excluding hydrogens is 442 g/mol. The van der Waals surface area contributed by atoms with E-state index < -0.39 is 22.1 Å². The van der Waals surface area contributed by atoms with Gasteiger partial charge < -0.3 is 15.3 Å². The topological polar surface area (TPSA) is 107 Å². The van der Waals surface area contributed by atoms with Crippen LogP contribution in [0.15, 0.2) is 77.7 Å². The third-order valence-corrected chi connectivity index (χ3v) is 7.73. The van der Waals surface area contributed by atoms with Gasteiger partial charge in [-0.1, -0.05) is 42.5 Å². The van der Waals surface area contributed by atoms with Gasteiger partial charge in [-0.2, -0.15) is 0 Å². The van der Waals surface area contributed by atoms with Gasteiger partial charge in [-0.05, 0) is 47.9 Å². The van der Waals surface area contributed by atoms with Crippen molar-refractivity contribution in [1.29, 1.82) is 0 Å². The van der Waals surface area contributed by atoms with Crippen molar-refractivity contribution in [1.82, 2.24) is 9.62 Å². The molecule has 0 aliphatic carbocycles. The number of amides is 3. The number of phenols is 1. The van der Waals surface area contributed by atoms with Gasteiger partial charge in [-0.25, -0.2) is 17.5 Å². The molecule has 1 unspecified atom stereocenters. The molecule has 5 rings (SSSR count). The average molecular weight is 464 g/mol. The molecule has 3 aromatic carbocycles. The summed E-state index contributed by atoms with van der Waals surface area (Å²) in [5.74, 6) is -0.463. The van der Waals surface area contributed by atoms with Crippen molar-refractivity contribution in [2.24, 2.45) is 0 Å². The number of carbonyl (C=O) groups excluding carboxylic acids is 2. The largest absolute Gasteiger partial charge is 0.507 e. The zero-order valence-electron chi connectivity index (χ0n) is 17.5. The molecule has 3 amide bonds. The first kappa shape index (κ1) is 21.0. The van der Waals surface area contributed by atoms with Crippen molar-refractivity contribution < 1.29 is 23.1 Å². The fourth-order valence-corrected chi connectivity index (χ4v) is 5.68. The maximum absolute atomic E-state index is 13.3. The van der Waals surface area contributed by atoms with Crippen LogP contribution >= 0.6 is 0 Å². The summed E-state index contributed by atoms with van der Waals surface area (Å²) in [5.41, 5.74) is 2.30. The zero-order chi connectivity index (χ0) is 23.2. The summed E-state index contributed by atoms with van der Waals surface area (Å²) in [7, 11) is -4.07.